The second kappa shape index (κ2) is 8.56. The maximum atomic E-state index is 12.5. The minimum absolute atomic E-state index is 0.0151. The highest BCUT2D eigenvalue weighted by Crippen LogP contribution is 2.24. The van der Waals surface area contributed by atoms with Crippen LogP contribution in [0.3, 0.4) is 0 Å². The fraction of sp³-hybridized carbons (Fsp3) is 0.619. The molecule has 0 aliphatic carbocycles. The van der Waals surface area contributed by atoms with Gasteiger partial charge in [-0.3, -0.25) is 9.59 Å². The fourth-order valence-electron chi connectivity index (χ4n) is 4.07. The molecule has 2 amide bonds. The van der Waals surface area contributed by atoms with Gasteiger partial charge in [0.15, 0.2) is 0 Å². The Balaban J connectivity index is 1.60. The van der Waals surface area contributed by atoms with Gasteiger partial charge in [0.05, 0.1) is 0 Å². The lowest BCUT2D eigenvalue weighted by molar-refractivity contribution is -0.132. The van der Waals surface area contributed by atoms with Crippen LogP contribution >= 0.6 is 0 Å². The van der Waals surface area contributed by atoms with Crippen molar-refractivity contribution in [3.63, 3.8) is 0 Å². The topological polar surface area (TPSA) is 43.9 Å². The molecule has 1 aromatic carbocycles. The average molecular weight is 357 g/mol. The van der Waals surface area contributed by atoms with E-state index in [-0.39, 0.29) is 11.8 Å². The van der Waals surface area contributed by atoms with Crippen molar-refractivity contribution in [3.8, 4) is 0 Å². The number of likely N-dealkylation sites (tertiary alicyclic amines) is 1. The van der Waals surface area contributed by atoms with Crippen LogP contribution in [0.2, 0.25) is 0 Å². The lowest BCUT2D eigenvalue weighted by Gasteiger charge is -2.31. The Bertz CT molecular complexity index is 623. The molecule has 1 atom stereocenters. The van der Waals surface area contributed by atoms with Crippen LogP contribution in [0.1, 0.15) is 46.0 Å². The van der Waals surface area contributed by atoms with Crippen LogP contribution < -0.4 is 9.80 Å². The molecule has 0 radical (unpaired) electrons. The third-order valence-corrected chi connectivity index (χ3v) is 5.57. The van der Waals surface area contributed by atoms with E-state index < -0.39 is 0 Å². The molecule has 5 nitrogen and oxygen atoms in total. The number of benzene rings is 1. The number of carbonyl (C=O) groups is 2. The monoisotopic (exact) mass is 357 g/mol. The molecule has 26 heavy (non-hydrogen) atoms. The number of carbonyl (C=O) groups excluding carboxylic acids is 2. The summed E-state index contributed by atoms with van der Waals surface area (Å²) in [7, 11) is 0. The summed E-state index contributed by atoms with van der Waals surface area (Å²) in [5.74, 6) is 0.727. The first-order valence-electron chi connectivity index (χ1n) is 9.95. The van der Waals surface area contributed by atoms with Crippen LogP contribution in [0.25, 0.3) is 0 Å². The van der Waals surface area contributed by atoms with Gasteiger partial charge in [0.2, 0.25) is 11.8 Å². The second-order valence-corrected chi connectivity index (χ2v) is 7.72. The summed E-state index contributed by atoms with van der Waals surface area (Å²) in [6.45, 7) is 8.14. The van der Waals surface area contributed by atoms with Crippen molar-refractivity contribution in [2.24, 2.45) is 5.92 Å². The van der Waals surface area contributed by atoms with E-state index >= 15 is 0 Å². The quantitative estimate of drug-likeness (QED) is 0.812. The minimum atomic E-state index is -0.0151. The Hall–Kier alpha value is -2.04. The van der Waals surface area contributed by atoms with E-state index in [0.29, 0.717) is 18.9 Å². The smallest absolute Gasteiger partial charge is 0.224 e. The van der Waals surface area contributed by atoms with Crippen LogP contribution in [0.15, 0.2) is 24.3 Å². The Kier molecular flexibility index (Phi) is 6.17. The molecule has 142 valence electrons. The predicted octanol–water partition coefficient (Wildman–Crippen LogP) is 3.29. The van der Waals surface area contributed by atoms with E-state index in [2.05, 4.69) is 24.0 Å². The molecule has 2 fully saturated rings. The lowest BCUT2D eigenvalue weighted by atomic mass is 10.00. The number of amides is 2. The third kappa shape index (κ3) is 4.57. The zero-order chi connectivity index (χ0) is 18.5. The third-order valence-electron chi connectivity index (χ3n) is 5.57. The average Bonchev–Trinajstić information content (AvgIpc) is 3.16. The van der Waals surface area contributed by atoms with Gasteiger partial charge in [-0.15, -0.1) is 0 Å². The number of rotatable bonds is 5. The van der Waals surface area contributed by atoms with Crippen LogP contribution in [-0.4, -0.2) is 49.4 Å². The molecule has 1 aromatic rings. The van der Waals surface area contributed by atoms with Crippen LogP contribution in [0, 0.1) is 5.92 Å². The first-order chi connectivity index (χ1) is 12.5. The van der Waals surface area contributed by atoms with Gasteiger partial charge in [-0.25, -0.2) is 0 Å². The number of nitrogens with zero attached hydrogens (tertiary/aromatic N) is 3. The van der Waals surface area contributed by atoms with Gasteiger partial charge in [-0.1, -0.05) is 6.92 Å². The van der Waals surface area contributed by atoms with Crippen molar-refractivity contribution in [2.45, 2.75) is 46.0 Å². The molecule has 0 N–H and O–H groups in total. The zero-order valence-corrected chi connectivity index (χ0v) is 16.1. The number of piperidine rings is 1. The van der Waals surface area contributed by atoms with E-state index in [1.165, 1.54) is 24.9 Å². The van der Waals surface area contributed by atoms with Gasteiger partial charge in [0.25, 0.3) is 0 Å². The number of anilines is 2. The maximum absolute atomic E-state index is 12.5. The number of hydrogen-bond acceptors (Lipinski definition) is 3. The van der Waals surface area contributed by atoms with Gasteiger partial charge in [0.1, 0.15) is 0 Å². The largest absolute Gasteiger partial charge is 0.372 e. The molecule has 5 heteroatoms. The summed E-state index contributed by atoms with van der Waals surface area (Å²) in [4.78, 5) is 30.7. The van der Waals surface area contributed by atoms with Crippen LogP contribution in [0.5, 0.6) is 0 Å². The molecule has 3 rings (SSSR count). The summed E-state index contributed by atoms with van der Waals surface area (Å²) in [5, 5.41) is 0. The van der Waals surface area contributed by atoms with Crippen LogP contribution in [-0.2, 0) is 9.59 Å². The second-order valence-electron chi connectivity index (χ2n) is 7.72. The molecule has 2 aliphatic rings. The lowest BCUT2D eigenvalue weighted by Crippen LogP contribution is -2.41. The highest BCUT2D eigenvalue weighted by Gasteiger charge is 2.22. The standard InChI is InChI=1S/C21H31N3O2/c1-17-6-5-14-23(16-17)21(26)11-15-24(18(2)25)20-9-7-19(8-10-20)22-12-3-4-13-22/h7-10,17H,3-6,11-16H2,1-2H3. The summed E-state index contributed by atoms with van der Waals surface area (Å²) >= 11 is 0. The van der Waals surface area contributed by atoms with Crippen molar-refractivity contribution in [2.75, 3.05) is 42.5 Å². The molecule has 0 spiro atoms. The van der Waals surface area contributed by atoms with E-state index in [0.717, 1.165) is 38.3 Å². The molecule has 1 unspecified atom stereocenters. The molecule has 0 bridgehead atoms. The van der Waals surface area contributed by atoms with Crippen molar-refractivity contribution in [1.82, 2.24) is 4.90 Å². The van der Waals surface area contributed by atoms with E-state index in [4.69, 9.17) is 0 Å². The van der Waals surface area contributed by atoms with E-state index in [1.807, 2.05) is 17.0 Å². The summed E-state index contributed by atoms with van der Waals surface area (Å²) in [6.07, 6.45) is 5.17. The molecule has 0 aromatic heterocycles. The van der Waals surface area contributed by atoms with Gasteiger partial charge in [0, 0.05) is 57.4 Å². The van der Waals surface area contributed by atoms with Crippen LogP contribution in [0.4, 0.5) is 11.4 Å². The molecular formula is C21H31N3O2. The Morgan fingerprint density at radius 3 is 2.38 bits per heavy atom. The SMILES string of the molecule is CC(=O)N(CCC(=O)N1CCCC(C)C1)c1ccc(N2CCCC2)cc1. The fourth-order valence-corrected chi connectivity index (χ4v) is 4.07. The molecule has 2 aliphatic heterocycles. The minimum Gasteiger partial charge on any atom is -0.372 e. The van der Waals surface area contributed by atoms with Crippen molar-refractivity contribution < 1.29 is 9.59 Å². The van der Waals surface area contributed by atoms with Gasteiger partial charge in [-0.2, -0.15) is 0 Å². The Morgan fingerprint density at radius 2 is 1.77 bits per heavy atom. The molecule has 2 saturated heterocycles. The molecular weight excluding hydrogens is 326 g/mol. The highest BCUT2D eigenvalue weighted by molar-refractivity contribution is 5.92. The van der Waals surface area contributed by atoms with Gasteiger partial charge in [-0.05, 0) is 55.9 Å². The molecule has 2 heterocycles. The maximum Gasteiger partial charge on any atom is 0.224 e. The van der Waals surface area contributed by atoms with E-state index in [1.54, 1.807) is 11.8 Å². The Labute approximate surface area is 156 Å². The molecule has 0 saturated carbocycles. The van der Waals surface area contributed by atoms with Gasteiger partial charge >= 0.3 is 0 Å². The summed E-state index contributed by atoms with van der Waals surface area (Å²) in [5.41, 5.74) is 2.09. The van der Waals surface area contributed by atoms with Crippen molar-refractivity contribution >= 4 is 23.2 Å². The highest BCUT2D eigenvalue weighted by atomic mass is 16.2. The van der Waals surface area contributed by atoms with E-state index in [9.17, 15) is 9.59 Å². The predicted molar refractivity (Wildman–Crippen MR) is 106 cm³/mol. The first kappa shape index (κ1) is 18.7. The van der Waals surface area contributed by atoms with Crippen molar-refractivity contribution in [3.05, 3.63) is 24.3 Å². The summed E-state index contributed by atoms with van der Waals surface area (Å²) in [6, 6.07) is 8.18. The normalized spacial score (nSPS) is 20.3. The first-order valence-corrected chi connectivity index (χ1v) is 9.95. The van der Waals surface area contributed by atoms with Gasteiger partial charge < -0.3 is 14.7 Å². The Morgan fingerprint density at radius 1 is 1.08 bits per heavy atom. The zero-order valence-electron chi connectivity index (χ0n) is 16.1. The summed E-state index contributed by atoms with van der Waals surface area (Å²) < 4.78 is 0. The van der Waals surface area contributed by atoms with Crippen molar-refractivity contribution in [1.29, 1.82) is 0 Å². The number of hydrogen-bond donors (Lipinski definition) is 0.